The van der Waals surface area contributed by atoms with Crippen LogP contribution in [-0.4, -0.2) is 42.0 Å². The van der Waals surface area contributed by atoms with Crippen LogP contribution in [0.3, 0.4) is 0 Å². The molecule has 0 aliphatic carbocycles. The minimum atomic E-state index is -0.442. The third-order valence-electron chi connectivity index (χ3n) is 5.53. The minimum Gasteiger partial charge on any atom is -0.487 e. The fourth-order valence-corrected chi connectivity index (χ4v) is 3.90. The van der Waals surface area contributed by atoms with Gasteiger partial charge in [0.25, 0.3) is 11.8 Å². The van der Waals surface area contributed by atoms with Gasteiger partial charge in [-0.3, -0.25) is 19.0 Å². The Morgan fingerprint density at radius 2 is 1.64 bits per heavy atom. The van der Waals surface area contributed by atoms with Gasteiger partial charge in [-0.2, -0.15) is 10.2 Å². The molecule has 0 fully saturated rings. The molecule has 11 nitrogen and oxygen atoms in total. The maximum atomic E-state index is 12.9. The molecular formula is C25H25N7O4. The molecule has 0 bridgehead atoms. The number of anilines is 2. The van der Waals surface area contributed by atoms with E-state index in [2.05, 4.69) is 25.8 Å². The largest absolute Gasteiger partial charge is 0.487 e. The van der Waals surface area contributed by atoms with Gasteiger partial charge >= 0.3 is 0 Å². The number of pyridine rings is 1. The van der Waals surface area contributed by atoms with Gasteiger partial charge in [-0.15, -0.1) is 0 Å². The van der Waals surface area contributed by atoms with Crippen molar-refractivity contribution in [3.05, 3.63) is 71.8 Å². The van der Waals surface area contributed by atoms with E-state index in [1.165, 1.54) is 6.20 Å². The summed E-state index contributed by atoms with van der Waals surface area (Å²) >= 11 is 0. The van der Waals surface area contributed by atoms with E-state index in [0.717, 1.165) is 5.56 Å². The van der Waals surface area contributed by atoms with E-state index >= 15 is 0 Å². The molecule has 0 saturated heterocycles. The normalized spacial score (nSPS) is 13.6. The first-order valence-electron chi connectivity index (χ1n) is 11.3. The average Bonchev–Trinajstić information content (AvgIpc) is 3.51. The number of amides is 2. The molecule has 2 amide bonds. The van der Waals surface area contributed by atoms with Gasteiger partial charge in [0.1, 0.15) is 28.5 Å². The van der Waals surface area contributed by atoms with Gasteiger partial charge < -0.3 is 20.1 Å². The third kappa shape index (κ3) is 4.90. The van der Waals surface area contributed by atoms with Gasteiger partial charge in [0.05, 0.1) is 6.20 Å². The summed E-state index contributed by atoms with van der Waals surface area (Å²) in [5.41, 5.74) is 0.992. The summed E-state index contributed by atoms with van der Waals surface area (Å²) in [5.74, 6) is 1.64. The van der Waals surface area contributed by atoms with Crippen molar-refractivity contribution in [2.24, 2.45) is 14.1 Å². The lowest BCUT2D eigenvalue weighted by Gasteiger charge is -2.16. The Hall–Kier alpha value is -4.67. The van der Waals surface area contributed by atoms with Crippen LogP contribution in [-0.2, 0) is 20.5 Å². The van der Waals surface area contributed by atoms with Crippen LogP contribution in [0.15, 0.2) is 55.0 Å². The SMILES string of the molecule is Cn1ccc(NC(=O)c2cc(Oc3ccc(C(=O)Nc4ccn(C)n4)nc3)c3c(c2)OC(C)(C)C3)n1. The predicted octanol–water partition coefficient (Wildman–Crippen LogP) is 3.56. The van der Waals surface area contributed by atoms with Crippen LogP contribution in [0.25, 0.3) is 0 Å². The second-order valence-corrected chi connectivity index (χ2v) is 9.13. The van der Waals surface area contributed by atoms with Crippen molar-refractivity contribution < 1.29 is 19.1 Å². The molecule has 2 N–H and O–H groups in total. The summed E-state index contributed by atoms with van der Waals surface area (Å²) in [4.78, 5) is 29.6. The highest BCUT2D eigenvalue weighted by atomic mass is 16.5. The quantitative estimate of drug-likeness (QED) is 0.426. The number of nitrogens with one attached hydrogen (secondary N) is 2. The topological polar surface area (TPSA) is 125 Å². The van der Waals surface area contributed by atoms with Gasteiger partial charge in [0.2, 0.25) is 0 Å². The maximum Gasteiger partial charge on any atom is 0.275 e. The fourth-order valence-electron chi connectivity index (χ4n) is 3.90. The molecule has 3 aromatic heterocycles. The molecule has 0 radical (unpaired) electrons. The molecule has 1 aromatic carbocycles. The summed E-state index contributed by atoms with van der Waals surface area (Å²) in [5, 5.41) is 13.8. The van der Waals surface area contributed by atoms with E-state index in [0.29, 0.717) is 40.9 Å². The van der Waals surface area contributed by atoms with Crippen molar-refractivity contribution in [2.45, 2.75) is 25.9 Å². The lowest BCUT2D eigenvalue weighted by atomic mass is 9.99. The highest BCUT2D eigenvalue weighted by molar-refractivity contribution is 6.04. The first-order chi connectivity index (χ1) is 17.1. The first kappa shape index (κ1) is 23.1. The van der Waals surface area contributed by atoms with Gasteiger partial charge in [-0.1, -0.05) is 0 Å². The van der Waals surface area contributed by atoms with E-state index < -0.39 is 5.60 Å². The van der Waals surface area contributed by atoms with Crippen molar-refractivity contribution in [3.8, 4) is 17.2 Å². The zero-order valence-electron chi connectivity index (χ0n) is 20.3. The summed E-state index contributed by atoms with van der Waals surface area (Å²) in [6.45, 7) is 3.95. The van der Waals surface area contributed by atoms with Crippen LogP contribution in [0, 0.1) is 0 Å². The number of hydrogen-bond acceptors (Lipinski definition) is 7. The molecule has 0 spiro atoms. The Labute approximate surface area is 207 Å². The number of aromatic nitrogens is 5. The standard InChI is InChI=1S/C25H25N7O4/c1-25(2)13-17-19(11-15(12-20(17)36-25)23(33)27-21-7-9-31(3)29-21)35-16-5-6-18(26-14-16)24(34)28-22-8-10-32(4)30-22/h5-12,14H,13H2,1-4H3,(H,27,29,33)(H,28,30,34). The van der Waals surface area contributed by atoms with Gasteiger partial charge in [-0.25, -0.2) is 4.98 Å². The molecular weight excluding hydrogens is 462 g/mol. The van der Waals surface area contributed by atoms with E-state index in [1.807, 2.05) is 13.8 Å². The predicted molar refractivity (Wildman–Crippen MR) is 131 cm³/mol. The number of fused-ring (bicyclic) bond motifs is 1. The first-order valence-corrected chi connectivity index (χ1v) is 11.3. The zero-order valence-corrected chi connectivity index (χ0v) is 20.3. The number of carbonyl (C=O) groups is 2. The van der Waals surface area contributed by atoms with E-state index in [4.69, 9.17) is 9.47 Å². The lowest BCUT2D eigenvalue weighted by molar-refractivity contribution is 0.101. The lowest BCUT2D eigenvalue weighted by Crippen LogP contribution is -2.24. The molecule has 1 aliphatic heterocycles. The fraction of sp³-hybridized carbons (Fsp3) is 0.240. The number of hydrogen-bond donors (Lipinski definition) is 2. The van der Waals surface area contributed by atoms with Crippen molar-refractivity contribution in [2.75, 3.05) is 10.6 Å². The molecule has 184 valence electrons. The monoisotopic (exact) mass is 487 g/mol. The number of benzene rings is 1. The van der Waals surface area contributed by atoms with Crippen LogP contribution in [0.1, 0.15) is 40.3 Å². The summed E-state index contributed by atoms with van der Waals surface area (Å²) in [6.07, 6.45) is 5.54. The Morgan fingerprint density at radius 3 is 2.22 bits per heavy atom. The van der Waals surface area contributed by atoms with Crippen molar-refractivity contribution >= 4 is 23.5 Å². The Balaban J connectivity index is 1.37. The number of carbonyl (C=O) groups excluding carboxylic acids is 2. The van der Waals surface area contributed by atoms with Crippen molar-refractivity contribution in [1.82, 2.24) is 24.5 Å². The number of aryl methyl sites for hydroxylation is 2. The molecule has 5 rings (SSSR count). The van der Waals surface area contributed by atoms with Crippen LogP contribution in [0.4, 0.5) is 11.6 Å². The molecule has 0 unspecified atom stereocenters. The number of rotatable bonds is 6. The van der Waals surface area contributed by atoms with Gasteiger partial charge in [0.15, 0.2) is 11.6 Å². The van der Waals surface area contributed by atoms with E-state index in [1.54, 1.807) is 72.3 Å². The second-order valence-electron chi connectivity index (χ2n) is 9.13. The smallest absolute Gasteiger partial charge is 0.275 e. The van der Waals surface area contributed by atoms with E-state index in [9.17, 15) is 9.59 Å². The molecule has 11 heteroatoms. The Bertz CT molecular complexity index is 1450. The third-order valence-corrected chi connectivity index (χ3v) is 5.53. The van der Waals surface area contributed by atoms with Crippen LogP contribution in [0.5, 0.6) is 17.2 Å². The van der Waals surface area contributed by atoms with Crippen LogP contribution in [0.2, 0.25) is 0 Å². The second kappa shape index (κ2) is 8.84. The Morgan fingerprint density at radius 1 is 0.972 bits per heavy atom. The molecule has 36 heavy (non-hydrogen) atoms. The van der Waals surface area contributed by atoms with Crippen molar-refractivity contribution in [1.29, 1.82) is 0 Å². The average molecular weight is 488 g/mol. The molecule has 1 aliphatic rings. The zero-order chi connectivity index (χ0) is 25.4. The highest BCUT2D eigenvalue weighted by Crippen LogP contribution is 2.43. The molecule has 4 heterocycles. The summed E-state index contributed by atoms with van der Waals surface area (Å²) < 4.78 is 15.4. The van der Waals surface area contributed by atoms with Crippen molar-refractivity contribution in [3.63, 3.8) is 0 Å². The highest BCUT2D eigenvalue weighted by Gasteiger charge is 2.34. The van der Waals surface area contributed by atoms with Crippen LogP contribution < -0.4 is 20.1 Å². The molecule has 0 atom stereocenters. The Kier molecular flexibility index (Phi) is 5.67. The molecule has 4 aromatic rings. The van der Waals surface area contributed by atoms with E-state index in [-0.39, 0.29) is 17.5 Å². The molecule has 0 saturated carbocycles. The number of ether oxygens (including phenoxy) is 2. The maximum absolute atomic E-state index is 12.9. The van der Waals surface area contributed by atoms with Crippen LogP contribution >= 0.6 is 0 Å². The number of nitrogens with zero attached hydrogens (tertiary/aromatic N) is 5. The minimum absolute atomic E-state index is 0.214. The van der Waals surface area contributed by atoms with Gasteiger partial charge in [-0.05, 0) is 38.1 Å². The van der Waals surface area contributed by atoms with Gasteiger partial charge in [0, 0.05) is 56.2 Å². The summed E-state index contributed by atoms with van der Waals surface area (Å²) in [7, 11) is 3.54. The summed E-state index contributed by atoms with van der Waals surface area (Å²) in [6, 6.07) is 9.98.